The summed E-state index contributed by atoms with van der Waals surface area (Å²) in [5, 5.41) is 0.186. The zero-order chi connectivity index (χ0) is 17.4. The predicted molar refractivity (Wildman–Crippen MR) is 92.4 cm³/mol. The fraction of sp³-hybridized carbons (Fsp3) is 0.765. The van der Waals surface area contributed by atoms with Crippen molar-refractivity contribution in [2.24, 2.45) is 0 Å². The summed E-state index contributed by atoms with van der Waals surface area (Å²) in [6.07, 6.45) is 3.45. The highest BCUT2D eigenvalue weighted by molar-refractivity contribution is 6.74. The van der Waals surface area contributed by atoms with E-state index in [0.29, 0.717) is 6.42 Å². The lowest BCUT2D eigenvalue weighted by atomic mass is 10.1. The SMILES string of the molecule is C=CCOC(=O)CC(=O)CCC[C@H](C)O[Si](C)(C)C(C)(C)C. The topological polar surface area (TPSA) is 52.6 Å². The molecule has 0 amide bonds. The third kappa shape index (κ3) is 8.49. The van der Waals surface area contributed by atoms with Gasteiger partial charge in [0, 0.05) is 12.5 Å². The lowest BCUT2D eigenvalue weighted by Crippen LogP contribution is -2.43. The first-order chi connectivity index (χ1) is 9.99. The van der Waals surface area contributed by atoms with Crippen molar-refractivity contribution >= 4 is 20.1 Å². The Balaban J connectivity index is 4.02. The molecular formula is C17H32O4Si. The Labute approximate surface area is 136 Å². The lowest BCUT2D eigenvalue weighted by Gasteiger charge is -2.38. The van der Waals surface area contributed by atoms with Crippen LogP contribution < -0.4 is 0 Å². The van der Waals surface area contributed by atoms with Gasteiger partial charge in [0.2, 0.25) is 0 Å². The third-order valence-corrected chi connectivity index (χ3v) is 8.68. The number of rotatable bonds is 10. The Bertz CT molecular complexity index is 383. The monoisotopic (exact) mass is 328 g/mol. The number of ether oxygens (including phenoxy) is 1. The van der Waals surface area contributed by atoms with Gasteiger partial charge in [-0.3, -0.25) is 9.59 Å². The second-order valence-corrected chi connectivity index (χ2v) is 12.0. The molecule has 0 heterocycles. The van der Waals surface area contributed by atoms with Gasteiger partial charge in [-0.25, -0.2) is 0 Å². The molecule has 128 valence electrons. The van der Waals surface area contributed by atoms with E-state index < -0.39 is 14.3 Å². The van der Waals surface area contributed by atoms with Crippen molar-refractivity contribution in [1.29, 1.82) is 0 Å². The molecule has 1 atom stereocenters. The van der Waals surface area contributed by atoms with Crippen LogP contribution in [0.1, 0.15) is 53.4 Å². The zero-order valence-corrected chi connectivity index (χ0v) is 16.0. The van der Waals surface area contributed by atoms with Gasteiger partial charge in [0.25, 0.3) is 0 Å². The maximum atomic E-state index is 11.7. The van der Waals surface area contributed by atoms with Crippen molar-refractivity contribution in [1.82, 2.24) is 0 Å². The number of carbonyl (C=O) groups is 2. The lowest BCUT2D eigenvalue weighted by molar-refractivity contribution is -0.144. The normalized spacial score (nSPS) is 13.5. The Morgan fingerprint density at radius 3 is 2.36 bits per heavy atom. The number of Topliss-reactive ketones (excluding diaryl/α,β-unsaturated/α-hetero) is 1. The summed E-state index contributed by atoms with van der Waals surface area (Å²) >= 11 is 0. The van der Waals surface area contributed by atoms with Crippen LogP contribution in [-0.2, 0) is 18.8 Å². The van der Waals surface area contributed by atoms with E-state index in [0.717, 1.165) is 12.8 Å². The molecule has 22 heavy (non-hydrogen) atoms. The fourth-order valence-electron chi connectivity index (χ4n) is 1.78. The summed E-state index contributed by atoms with van der Waals surface area (Å²) in [6.45, 7) is 16.8. The minimum Gasteiger partial charge on any atom is -0.461 e. The van der Waals surface area contributed by atoms with Crippen LogP contribution in [0, 0.1) is 0 Å². The van der Waals surface area contributed by atoms with Gasteiger partial charge in [-0.2, -0.15) is 0 Å². The first-order valence-corrected chi connectivity index (χ1v) is 10.9. The van der Waals surface area contributed by atoms with Crippen LogP contribution in [0.3, 0.4) is 0 Å². The first kappa shape index (κ1) is 21.1. The van der Waals surface area contributed by atoms with Gasteiger partial charge in [-0.05, 0) is 37.9 Å². The Hall–Kier alpha value is -0.943. The van der Waals surface area contributed by atoms with E-state index in [1.807, 2.05) is 0 Å². The molecule has 0 aliphatic carbocycles. The van der Waals surface area contributed by atoms with E-state index in [9.17, 15) is 9.59 Å². The van der Waals surface area contributed by atoms with Crippen molar-refractivity contribution in [3.05, 3.63) is 12.7 Å². The number of carbonyl (C=O) groups excluding carboxylic acids is 2. The van der Waals surface area contributed by atoms with Gasteiger partial charge >= 0.3 is 5.97 Å². The molecule has 0 saturated heterocycles. The molecular weight excluding hydrogens is 296 g/mol. The zero-order valence-electron chi connectivity index (χ0n) is 15.0. The highest BCUT2D eigenvalue weighted by Gasteiger charge is 2.38. The molecule has 0 aliphatic heterocycles. The molecule has 0 aromatic carbocycles. The third-order valence-electron chi connectivity index (χ3n) is 4.07. The molecule has 0 fully saturated rings. The Morgan fingerprint density at radius 1 is 1.27 bits per heavy atom. The smallest absolute Gasteiger partial charge is 0.313 e. The maximum Gasteiger partial charge on any atom is 0.313 e. The van der Waals surface area contributed by atoms with E-state index in [1.165, 1.54) is 6.08 Å². The van der Waals surface area contributed by atoms with Crippen LogP contribution in [0.5, 0.6) is 0 Å². The molecule has 0 N–H and O–H groups in total. The summed E-state index contributed by atoms with van der Waals surface area (Å²) in [5.41, 5.74) is 0. The van der Waals surface area contributed by atoms with Crippen molar-refractivity contribution < 1.29 is 18.8 Å². The first-order valence-electron chi connectivity index (χ1n) is 7.95. The van der Waals surface area contributed by atoms with Gasteiger partial charge in [0.05, 0.1) is 0 Å². The van der Waals surface area contributed by atoms with Crippen LogP contribution >= 0.6 is 0 Å². The van der Waals surface area contributed by atoms with Gasteiger partial charge in [-0.15, -0.1) is 0 Å². The standard InChI is InChI=1S/C17H32O4Si/c1-8-12-20-16(19)13-15(18)11-9-10-14(2)21-22(6,7)17(3,4)5/h8,14H,1,9-13H2,2-7H3/t14-/m0/s1. The number of hydrogen-bond donors (Lipinski definition) is 0. The summed E-state index contributed by atoms with van der Waals surface area (Å²) in [6, 6.07) is 0. The largest absolute Gasteiger partial charge is 0.461 e. The van der Waals surface area contributed by atoms with Gasteiger partial charge in [-0.1, -0.05) is 33.4 Å². The van der Waals surface area contributed by atoms with Gasteiger partial charge in [0.15, 0.2) is 8.32 Å². The van der Waals surface area contributed by atoms with E-state index in [4.69, 9.17) is 9.16 Å². The molecule has 0 bridgehead atoms. The van der Waals surface area contributed by atoms with E-state index >= 15 is 0 Å². The van der Waals surface area contributed by atoms with Crippen LogP contribution in [0.15, 0.2) is 12.7 Å². The predicted octanol–water partition coefficient (Wildman–Crippen LogP) is 4.26. The second kappa shape index (κ2) is 9.25. The molecule has 0 unspecified atom stereocenters. The molecule has 0 aromatic rings. The van der Waals surface area contributed by atoms with Crippen molar-refractivity contribution in [2.45, 2.75) is 77.6 Å². The second-order valence-electron chi connectivity index (χ2n) is 7.27. The average molecular weight is 329 g/mol. The van der Waals surface area contributed by atoms with Crippen molar-refractivity contribution in [3.63, 3.8) is 0 Å². The number of esters is 1. The average Bonchev–Trinajstić information content (AvgIpc) is 2.34. The van der Waals surface area contributed by atoms with Crippen LogP contribution in [0.25, 0.3) is 0 Å². The number of hydrogen-bond acceptors (Lipinski definition) is 4. The van der Waals surface area contributed by atoms with E-state index in [1.54, 1.807) is 0 Å². The number of ketones is 1. The molecule has 4 nitrogen and oxygen atoms in total. The molecule has 5 heteroatoms. The van der Waals surface area contributed by atoms with Gasteiger partial charge < -0.3 is 9.16 Å². The van der Waals surface area contributed by atoms with E-state index in [-0.39, 0.29) is 30.0 Å². The summed E-state index contributed by atoms with van der Waals surface area (Å²) in [5.74, 6) is -0.552. The van der Waals surface area contributed by atoms with Crippen molar-refractivity contribution in [2.75, 3.05) is 6.61 Å². The Morgan fingerprint density at radius 2 is 1.86 bits per heavy atom. The van der Waals surface area contributed by atoms with Crippen molar-refractivity contribution in [3.8, 4) is 0 Å². The molecule has 0 aliphatic rings. The van der Waals surface area contributed by atoms with E-state index in [2.05, 4.69) is 47.4 Å². The minimum absolute atomic E-state index is 0.0754. The fourth-order valence-corrected chi connectivity index (χ4v) is 3.25. The highest BCUT2D eigenvalue weighted by atomic mass is 28.4. The quantitative estimate of drug-likeness (QED) is 0.260. The summed E-state index contributed by atoms with van der Waals surface area (Å²) < 4.78 is 11.0. The highest BCUT2D eigenvalue weighted by Crippen LogP contribution is 2.37. The van der Waals surface area contributed by atoms with Crippen LogP contribution in [0.2, 0.25) is 18.1 Å². The maximum absolute atomic E-state index is 11.7. The summed E-state index contributed by atoms with van der Waals surface area (Å²) in [4.78, 5) is 23.0. The van der Waals surface area contributed by atoms with Gasteiger partial charge in [0.1, 0.15) is 18.8 Å². The molecule has 0 rings (SSSR count). The molecule has 0 aromatic heterocycles. The van der Waals surface area contributed by atoms with Crippen LogP contribution in [0.4, 0.5) is 0 Å². The van der Waals surface area contributed by atoms with Crippen LogP contribution in [-0.4, -0.2) is 32.8 Å². The Kier molecular flexibility index (Phi) is 8.86. The molecule has 0 saturated carbocycles. The summed E-state index contributed by atoms with van der Waals surface area (Å²) in [7, 11) is -1.75. The molecule has 0 spiro atoms. The minimum atomic E-state index is -1.75. The molecule has 0 radical (unpaired) electrons.